The first-order chi connectivity index (χ1) is 11.5. The lowest BCUT2D eigenvalue weighted by Gasteiger charge is -2.31. The fourth-order valence-electron chi connectivity index (χ4n) is 2.97. The highest BCUT2D eigenvalue weighted by Gasteiger charge is 2.32. The van der Waals surface area contributed by atoms with Gasteiger partial charge in [0.15, 0.2) is 0 Å². The Morgan fingerprint density at radius 3 is 2.42 bits per heavy atom. The van der Waals surface area contributed by atoms with Crippen molar-refractivity contribution in [1.29, 1.82) is 0 Å². The topological polar surface area (TPSA) is 79.0 Å². The fraction of sp³-hybridized carbons (Fsp3) is 0.562. The van der Waals surface area contributed by atoms with Crippen molar-refractivity contribution in [3.63, 3.8) is 0 Å². The molecular formula is C16H23N3O4S. The molecule has 2 heterocycles. The zero-order valence-electron chi connectivity index (χ0n) is 13.8. The maximum Gasteiger partial charge on any atom is 0.243 e. The van der Waals surface area contributed by atoms with Crippen molar-refractivity contribution in [2.45, 2.75) is 11.3 Å². The Balaban J connectivity index is 1.68. The van der Waals surface area contributed by atoms with Gasteiger partial charge < -0.3 is 15.0 Å². The fourth-order valence-corrected chi connectivity index (χ4v) is 4.44. The molecule has 0 spiro atoms. The van der Waals surface area contributed by atoms with E-state index in [0.717, 1.165) is 13.1 Å². The Labute approximate surface area is 142 Å². The Morgan fingerprint density at radius 1 is 1.12 bits per heavy atom. The number of nitrogens with zero attached hydrogens (tertiary/aromatic N) is 2. The average Bonchev–Trinajstić information content (AvgIpc) is 2.80. The van der Waals surface area contributed by atoms with E-state index >= 15 is 0 Å². The van der Waals surface area contributed by atoms with Crippen molar-refractivity contribution in [3.8, 4) is 5.75 Å². The molecule has 7 nitrogen and oxygen atoms in total. The molecular weight excluding hydrogens is 330 g/mol. The van der Waals surface area contributed by atoms with Crippen molar-refractivity contribution in [3.05, 3.63) is 24.3 Å². The number of carbonyl (C=O) groups excluding carboxylic acids is 1. The standard InChI is InChI=1S/C16H23N3O4S/c1-23-14-3-5-15(6-4-14)24(21,22)19-8-2-7-18(9-10-19)16(20)13-11-17-12-13/h3-6,13,17H,2,7-12H2,1H3. The summed E-state index contributed by atoms with van der Waals surface area (Å²) in [4.78, 5) is 14.4. The van der Waals surface area contributed by atoms with Crippen LogP contribution in [0.5, 0.6) is 5.75 Å². The van der Waals surface area contributed by atoms with E-state index in [4.69, 9.17) is 4.74 Å². The van der Waals surface area contributed by atoms with Crippen LogP contribution in [0.1, 0.15) is 6.42 Å². The summed E-state index contributed by atoms with van der Waals surface area (Å²) < 4.78 is 32.1. The summed E-state index contributed by atoms with van der Waals surface area (Å²) in [6.07, 6.45) is 0.654. The van der Waals surface area contributed by atoms with Gasteiger partial charge in [0, 0.05) is 39.3 Å². The number of hydrogen-bond donors (Lipinski definition) is 1. The number of amides is 1. The summed E-state index contributed by atoms with van der Waals surface area (Å²) in [6.45, 7) is 3.28. The van der Waals surface area contributed by atoms with E-state index in [-0.39, 0.29) is 16.7 Å². The van der Waals surface area contributed by atoms with Gasteiger partial charge >= 0.3 is 0 Å². The smallest absolute Gasteiger partial charge is 0.243 e. The molecule has 1 aromatic rings. The number of hydrogen-bond acceptors (Lipinski definition) is 5. The average molecular weight is 353 g/mol. The van der Waals surface area contributed by atoms with E-state index < -0.39 is 10.0 Å². The third kappa shape index (κ3) is 3.40. The third-order valence-corrected chi connectivity index (χ3v) is 6.51. The molecule has 2 aliphatic heterocycles. The molecule has 0 unspecified atom stereocenters. The van der Waals surface area contributed by atoms with Gasteiger partial charge in [-0.3, -0.25) is 4.79 Å². The van der Waals surface area contributed by atoms with E-state index in [2.05, 4.69) is 5.32 Å². The quantitative estimate of drug-likeness (QED) is 0.833. The lowest BCUT2D eigenvalue weighted by Crippen LogP contribution is -2.52. The maximum absolute atomic E-state index is 12.8. The zero-order valence-corrected chi connectivity index (χ0v) is 14.6. The summed E-state index contributed by atoms with van der Waals surface area (Å²) in [5.74, 6) is 0.808. The minimum atomic E-state index is -3.54. The maximum atomic E-state index is 12.8. The van der Waals surface area contributed by atoms with Crippen LogP contribution in [0.3, 0.4) is 0 Å². The Bertz CT molecular complexity index is 686. The second-order valence-electron chi connectivity index (χ2n) is 6.11. The number of nitrogens with one attached hydrogen (secondary N) is 1. The number of carbonyl (C=O) groups is 1. The van der Waals surface area contributed by atoms with Crippen LogP contribution < -0.4 is 10.1 Å². The molecule has 0 atom stereocenters. The summed E-state index contributed by atoms with van der Waals surface area (Å²) in [5, 5.41) is 3.10. The van der Waals surface area contributed by atoms with Crippen LogP contribution in [0.25, 0.3) is 0 Å². The van der Waals surface area contributed by atoms with Crippen LogP contribution in [-0.4, -0.2) is 69.9 Å². The normalized spacial score (nSPS) is 20.3. The Morgan fingerprint density at radius 2 is 1.83 bits per heavy atom. The third-order valence-electron chi connectivity index (χ3n) is 4.59. The molecule has 2 aliphatic rings. The van der Waals surface area contributed by atoms with E-state index in [1.807, 2.05) is 0 Å². The number of benzene rings is 1. The van der Waals surface area contributed by atoms with Crippen LogP contribution in [0, 0.1) is 5.92 Å². The molecule has 132 valence electrons. The van der Waals surface area contributed by atoms with Gasteiger partial charge in [-0.25, -0.2) is 8.42 Å². The highest BCUT2D eigenvalue weighted by Crippen LogP contribution is 2.21. The van der Waals surface area contributed by atoms with E-state index in [1.54, 1.807) is 36.3 Å². The largest absolute Gasteiger partial charge is 0.497 e. The molecule has 0 aliphatic carbocycles. The summed E-state index contributed by atoms with van der Waals surface area (Å²) >= 11 is 0. The van der Waals surface area contributed by atoms with Gasteiger partial charge in [0.2, 0.25) is 15.9 Å². The number of methoxy groups -OCH3 is 1. The van der Waals surface area contributed by atoms with Crippen LogP contribution in [0.2, 0.25) is 0 Å². The first kappa shape index (κ1) is 17.2. The van der Waals surface area contributed by atoms with Crippen molar-refractivity contribution in [1.82, 2.24) is 14.5 Å². The van der Waals surface area contributed by atoms with E-state index in [0.29, 0.717) is 38.3 Å². The van der Waals surface area contributed by atoms with Gasteiger partial charge in [-0.15, -0.1) is 0 Å². The molecule has 1 amide bonds. The van der Waals surface area contributed by atoms with Crippen LogP contribution in [0.4, 0.5) is 0 Å². The summed E-state index contributed by atoms with van der Waals surface area (Å²) in [6, 6.07) is 6.40. The Kier molecular flexibility index (Phi) is 5.07. The van der Waals surface area contributed by atoms with Crippen molar-refractivity contribution in [2.24, 2.45) is 5.92 Å². The van der Waals surface area contributed by atoms with Crippen LogP contribution in [-0.2, 0) is 14.8 Å². The van der Waals surface area contributed by atoms with Gasteiger partial charge in [-0.05, 0) is 30.7 Å². The molecule has 3 rings (SSSR count). The molecule has 0 radical (unpaired) electrons. The van der Waals surface area contributed by atoms with Gasteiger partial charge in [0.25, 0.3) is 0 Å². The predicted molar refractivity (Wildman–Crippen MR) is 89.3 cm³/mol. The second kappa shape index (κ2) is 7.08. The number of sulfonamides is 1. The minimum absolute atomic E-state index is 0.0507. The van der Waals surface area contributed by atoms with Gasteiger partial charge in [0.05, 0.1) is 17.9 Å². The minimum Gasteiger partial charge on any atom is -0.497 e. The number of rotatable bonds is 4. The van der Waals surface area contributed by atoms with Gasteiger partial charge in [-0.1, -0.05) is 0 Å². The zero-order chi connectivity index (χ0) is 17.2. The highest BCUT2D eigenvalue weighted by molar-refractivity contribution is 7.89. The van der Waals surface area contributed by atoms with Crippen molar-refractivity contribution in [2.75, 3.05) is 46.4 Å². The molecule has 0 bridgehead atoms. The lowest BCUT2D eigenvalue weighted by atomic mass is 10.0. The molecule has 1 N–H and O–H groups in total. The lowest BCUT2D eigenvalue weighted by molar-refractivity contribution is -0.136. The highest BCUT2D eigenvalue weighted by atomic mass is 32.2. The second-order valence-corrected chi connectivity index (χ2v) is 8.05. The van der Waals surface area contributed by atoms with Crippen molar-refractivity contribution < 1.29 is 17.9 Å². The van der Waals surface area contributed by atoms with Crippen LogP contribution in [0.15, 0.2) is 29.2 Å². The predicted octanol–water partition coefficient (Wildman–Crippen LogP) is 0.138. The SMILES string of the molecule is COc1ccc(S(=O)(=O)N2CCCN(C(=O)C3CNC3)CC2)cc1. The van der Waals surface area contributed by atoms with E-state index in [9.17, 15) is 13.2 Å². The molecule has 2 saturated heterocycles. The van der Waals surface area contributed by atoms with Crippen LogP contribution >= 0.6 is 0 Å². The molecule has 8 heteroatoms. The first-order valence-electron chi connectivity index (χ1n) is 8.16. The molecule has 1 aromatic carbocycles. The van der Waals surface area contributed by atoms with Gasteiger partial charge in [0.1, 0.15) is 5.75 Å². The Hall–Kier alpha value is -1.64. The van der Waals surface area contributed by atoms with E-state index in [1.165, 1.54) is 4.31 Å². The monoisotopic (exact) mass is 353 g/mol. The summed E-state index contributed by atoms with van der Waals surface area (Å²) in [7, 11) is -2.00. The molecule has 2 fully saturated rings. The molecule has 24 heavy (non-hydrogen) atoms. The molecule has 0 aromatic heterocycles. The first-order valence-corrected chi connectivity index (χ1v) is 9.60. The van der Waals surface area contributed by atoms with Gasteiger partial charge in [-0.2, -0.15) is 4.31 Å². The van der Waals surface area contributed by atoms with Crippen molar-refractivity contribution >= 4 is 15.9 Å². The summed E-state index contributed by atoms with van der Waals surface area (Å²) in [5.41, 5.74) is 0. The molecule has 0 saturated carbocycles. The number of ether oxygens (including phenoxy) is 1.